The number of aryl methyl sites for hydroxylation is 1. The molecule has 2 aromatic carbocycles. The maximum Gasteiger partial charge on any atom is 0.255 e. The van der Waals surface area contributed by atoms with E-state index in [-0.39, 0.29) is 5.91 Å². The predicted molar refractivity (Wildman–Crippen MR) is 133 cm³/mol. The molecule has 7 nitrogen and oxygen atoms in total. The summed E-state index contributed by atoms with van der Waals surface area (Å²) >= 11 is 0. The van der Waals surface area contributed by atoms with Crippen LogP contribution in [0.4, 0.5) is 11.4 Å². The smallest absolute Gasteiger partial charge is 0.255 e. The Bertz CT molecular complexity index is 1240. The number of hydrogen-bond donors (Lipinski definition) is 1. The summed E-state index contributed by atoms with van der Waals surface area (Å²) in [6.07, 6.45) is 7.14. The highest BCUT2D eigenvalue weighted by molar-refractivity contribution is 6.65. The highest BCUT2D eigenvalue weighted by Crippen LogP contribution is 2.25. The van der Waals surface area contributed by atoms with Gasteiger partial charge in [-0.2, -0.15) is 0 Å². The Morgan fingerprint density at radius 1 is 1.03 bits per heavy atom. The largest absolute Gasteiger partial charge is 0.372 e. The molecule has 0 saturated carbocycles. The molecule has 4 aromatic rings. The Kier molecular flexibility index (Phi) is 6.83. The molecular formula is C25H26BN6O. The summed E-state index contributed by atoms with van der Waals surface area (Å²) < 4.78 is 1.97. The van der Waals surface area contributed by atoms with Gasteiger partial charge in [0.25, 0.3) is 5.91 Å². The van der Waals surface area contributed by atoms with Gasteiger partial charge in [0.2, 0.25) is 7.28 Å². The van der Waals surface area contributed by atoms with Crippen LogP contribution in [0.1, 0.15) is 29.9 Å². The van der Waals surface area contributed by atoms with Crippen molar-refractivity contribution in [1.82, 2.24) is 19.5 Å². The molecule has 165 valence electrons. The van der Waals surface area contributed by atoms with Gasteiger partial charge in [-0.15, -0.1) is 0 Å². The van der Waals surface area contributed by atoms with E-state index in [0.29, 0.717) is 11.3 Å². The van der Waals surface area contributed by atoms with Crippen LogP contribution in [0.15, 0.2) is 73.4 Å². The summed E-state index contributed by atoms with van der Waals surface area (Å²) in [5.74, 6) is -0.177. The van der Waals surface area contributed by atoms with Crippen LogP contribution < -0.4 is 21.4 Å². The van der Waals surface area contributed by atoms with Crippen molar-refractivity contribution in [2.75, 3.05) is 23.3 Å². The fraction of sp³-hybridized carbons (Fsp3) is 0.200. The van der Waals surface area contributed by atoms with Crippen molar-refractivity contribution in [2.24, 2.45) is 0 Å². The number of amides is 1. The summed E-state index contributed by atoms with van der Waals surface area (Å²) in [5.41, 5.74) is 5.67. The Labute approximate surface area is 194 Å². The summed E-state index contributed by atoms with van der Waals surface area (Å²) in [4.78, 5) is 28.1. The zero-order valence-electron chi connectivity index (χ0n) is 19.1. The van der Waals surface area contributed by atoms with E-state index < -0.39 is 0 Å². The number of hydrogen-bond acceptors (Lipinski definition) is 5. The topological polar surface area (TPSA) is 75.9 Å². The van der Waals surface area contributed by atoms with Crippen LogP contribution in [0, 0.1) is 6.92 Å². The van der Waals surface area contributed by atoms with Crippen molar-refractivity contribution < 1.29 is 4.79 Å². The van der Waals surface area contributed by atoms with E-state index in [1.807, 2.05) is 55.3 Å². The molecule has 1 N–H and O–H groups in total. The van der Waals surface area contributed by atoms with Crippen molar-refractivity contribution in [3.05, 3.63) is 84.7 Å². The Hall–Kier alpha value is -3.94. The Balaban J connectivity index is 1.60. The van der Waals surface area contributed by atoms with Gasteiger partial charge in [0.15, 0.2) is 0 Å². The fourth-order valence-electron chi connectivity index (χ4n) is 3.66. The third-order valence-electron chi connectivity index (χ3n) is 5.33. The number of aromatic nitrogens is 4. The minimum absolute atomic E-state index is 0.177. The van der Waals surface area contributed by atoms with Crippen molar-refractivity contribution in [1.29, 1.82) is 0 Å². The first-order valence-electron chi connectivity index (χ1n) is 11.0. The van der Waals surface area contributed by atoms with Crippen LogP contribution in [0.5, 0.6) is 0 Å². The number of nitrogens with zero attached hydrogens (tertiary/aromatic N) is 5. The van der Waals surface area contributed by atoms with Crippen LogP contribution in [0.3, 0.4) is 0 Å². The molecule has 0 unspecified atom stereocenters. The second kappa shape index (κ2) is 10.1. The molecule has 2 aromatic heterocycles. The quantitative estimate of drug-likeness (QED) is 0.429. The number of benzene rings is 2. The normalized spacial score (nSPS) is 10.6. The molecule has 0 fully saturated rings. The van der Waals surface area contributed by atoms with Gasteiger partial charge in [0.1, 0.15) is 0 Å². The molecule has 2 heterocycles. The van der Waals surface area contributed by atoms with Crippen LogP contribution in [0.2, 0.25) is 0 Å². The number of nitrogens with one attached hydrogen (secondary N) is 1. The molecule has 0 atom stereocenters. The third-order valence-corrected chi connectivity index (χ3v) is 5.33. The van der Waals surface area contributed by atoms with E-state index in [4.69, 9.17) is 0 Å². The number of imidazole rings is 1. The lowest BCUT2D eigenvalue weighted by molar-refractivity contribution is 0.102. The molecule has 1 radical (unpaired) electrons. The zero-order valence-corrected chi connectivity index (χ0v) is 19.1. The van der Waals surface area contributed by atoms with Gasteiger partial charge < -0.3 is 14.8 Å². The first kappa shape index (κ1) is 22.3. The van der Waals surface area contributed by atoms with Crippen LogP contribution in [-0.2, 0) is 0 Å². The van der Waals surface area contributed by atoms with Gasteiger partial charge in [-0.05, 0) is 51.1 Å². The van der Waals surface area contributed by atoms with Gasteiger partial charge >= 0.3 is 0 Å². The SMILES string of the molecule is CCN(CC)c1cc(NC(=O)c2cccc([B]c3ncccn3)c2)cc(-n2cnc(C)c2)c1. The Morgan fingerprint density at radius 2 is 1.82 bits per heavy atom. The Morgan fingerprint density at radius 3 is 2.52 bits per heavy atom. The lowest BCUT2D eigenvalue weighted by Crippen LogP contribution is -2.32. The molecule has 0 bridgehead atoms. The molecular weight excluding hydrogens is 411 g/mol. The molecule has 8 heteroatoms. The number of carbonyl (C=O) groups excluding carboxylic acids is 1. The predicted octanol–water partition coefficient (Wildman–Crippen LogP) is 2.72. The van der Waals surface area contributed by atoms with Gasteiger partial charge in [-0.1, -0.05) is 23.7 Å². The average molecular weight is 437 g/mol. The summed E-state index contributed by atoms with van der Waals surface area (Å²) in [7, 11) is 1.84. The highest BCUT2D eigenvalue weighted by Gasteiger charge is 2.12. The lowest BCUT2D eigenvalue weighted by atomic mass is 9.69. The maximum atomic E-state index is 13.1. The van der Waals surface area contributed by atoms with Crippen molar-refractivity contribution in [3.8, 4) is 5.69 Å². The molecule has 0 saturated heterocycles. The second-order valence-corrected chi connectivity index (χ2v) is 7.66. The fourth-order valence-corrected chi connectivity index (χ4v) is 3.66. The van der Waals surface area contributed by atoms with Crippen molar-refractivity contribution in [3.63, 3.8) is 0 Å². The van der Waals surface area contributed by atoms with E-state index in [2.05, 4.69) is 45.1 Å². The number of rotatable bonds is 8. The third kappa shape index (κ3) is 5.47. The number of anilines is 2. The number of carbonyl (C=O) groups is 1. The minimum Gasteiger partial charge on any atom is -0.372 e. The monoisotopic (exact) mass is 437 g/mol. The van der Waals surface area contributed by atoms with Crippen LogP contribution in [-0.4, -0.2) is 45.8 Å². The van der Waals surface area contributed by atoms with E-state index in [0.717, 1.165) is 41.3 Å². The first-order valence-corrected chi connectivity index (χ1v) is 11.0. The molecule has 1 amide bonds. The van der Waals surface area contributed by atoms with Crippen molar-refractivity contribution in [2.45, 2.75) is 20.8 Å². The molecule has 0 spiro atoms. The molecule has 0 aliphatic rings. The molecule has 0 aliphatic heterocycles. The zero-order chi connectivity index (χ0) is 23.2. The maximum absolute atomic E-state index is 13.1. The van der Waals surface area contributed by atoms with Gasteiger partial charge in [-0.25, -0.2) is 4.98 Å². The van der Waals surface area contributed by atoms with Crippen molar-refractivity contribution >= 4 is 35.7 Å². The van der Waals surface area contributed by atoms with Crippen LogP contribution >= 0.6 is 0 Å². The molecule has 0 aliphatic carbocycles. The molecule has 33 heavy (non-hydrogen) atoms. The van der Waals surface area contributed by atoms with Gasteiger partial charge in [0, 0.05) is 48.6 Å². The first-order chi connectivity index (χ1) is 16.1. The van der Waals surface area contributed by atoms with Gasteiger partial charge in [-0.3, -0.25) is 14.8 Å². The van der Waals surface area contributed by atoms with Crippen LogP contribution in [0.25, 0.3) is 5.69 Å². The van der Waals surface area contributed by atoms with E-state index >= 15 is 0 Å². The van der Waals surface area contributed by atoms with E-state index in [1.165, 1.54) is 0 Å². The standard InChI is InChI=1S/C25H26BN6O/c1-4-31(5-2)22-13-21(14-23(15-22)32-16-18(3)29-17-32)30-24(33)19-8-6-9-20(12-19)26-25-27-10-7-11-28-25/h6-17H,4-5H2,1-3H3,(H,30,33). The van der Waals surface area contributed by atoms with Gasteiger partial charge in [0.05, 0.1) is 23.4 Å². The summed E-state index contributed by atoms with van der Waals surface area (Å²) in [6, 6.07) is 15.3. The summed E-state index contributed by atoms with van der Waals surface area (Å²) in [5, 5.41) is 3.07. The lowest BCUT2D eigenvalue weighted by Gasteiger charge is -2.23. The summed E-state index contributed by atoms with van der Waals surface area (Å²) in [6.45, 7) is 7.94. The average Bonchev–Trinajstić information content (AvgIpc) is 3.27. The second-order valence-electron chi connectivity index (χ2n) is 7.66. The van der Waals surface area contributed by atoms with E-state index in [1.54, 1.807) is 30.9 Å². The highest BCUT2D eigenvalue weighted by atomic mass is 16.1. The molecule has 4 rings (SSSR count). The minimum atomic E-state index is -0.177. The van der Waals surface area contributed by atoms with E-state index in [9.17, 15) is 4.79 Å².